The largest absolute Gasteiger partial charge is 0.496 e. The van der Waals surface area contributed by atoms with Gasteiger partial charge in [-0.1, -0.05) is 6.92 Å². The van der Waals surface area contributed by atoms with Crippen molar-refractivity contribution in [2.45, 2.75) is 19.2 Å². The Morgan fingerprint density at radius 1 is 1.58 bits per heavy atom. The van der Waals surface area contributed by atoms with Crippen LogP contribution in [0.3, 0.4) is 0 Å². The molecule has 1 heterocycles. The molecule has 0 spiro atoms. The maximum Gasteiger partial charge on any atom is 0.125 e. The van der Waals surface area contributed by atoms with Gasteiger partial charge in [0.05, 0.1) is 18.7 Å². The quantitative estimate of drug-likeness (QED) is 0.675. The van der Waals surface area contributed by atoms with Crippen LogP contribution in [-0.2, 0) is 12.3 Å². The van der Waals surface area contributed by atoms with Crippen molar-refractivity contribution in [1.82, 2.24) is 4.98 Å². The van der Waals surface area contributed by atoms with Crippen molar-refractivity contribution >= 4 is 11.6 Å². The lowest BCUT2D eigenvalue weighted by atomic mass is 10.2. The van der Waals surface area contributed by atoms with Gasteiger partial charge < -0.3 is 4.74 Å². The van der Waals surface area contributed by atoms with Crippen molar-refractivity contribution in [3.8, 4) is 5.75 Å². The molecule has 0 saturated carbocycles. The molecule has 2 nitrogen and oxygen atoms in total. The van der Waals surface area contributed by atoms with Crippen molar-refractivity contribution in [2.24, 2.45) is 0 Å². The summed E-state index contributed by atoms with van der Waals surface area (Å²) in [6.45, 7) is 2.07. The lowest BCUT2D eigenvalue weighted by Gasteiger charge is -2.06. The Hall–Kier alpha value is -0.760. The average Bonchev–Trinajstić information content (AvgIpc) is 2.16. The Morgan fingerprint density at radius 3 is 2.83 bits per heavy atom. The second kappa shape index (κ2) is 4.31. The van der Waals surface area contributed by atoms with Crippen LogP contribution in [0.15, 0.2) is 12.3 Å². The molecule has 0 N–H and O–H groups in total. The Balaban J connectivity index is 3.02. The smallest absolute Gasteiger partial charge is 0.125 e. The number of ether oxygens (including phenoxy) is 1. The average molecular weight is 186 g/mol. The molecular weight excluding hydrogens is 174 g/mol. The number of hydrogen-bond acceptors (Lipinski definition) is 2. The zero-order valence-corrected chi connectivity index (χ0v) is 8.06. The van der Waals surface area contributed by atoms with E-state index in [4.69, 9.17) is 16.3 Å². The van der Waals surface area contributed by atoms with Gasteiger partial charge in [-0.15, -0.1) is 11.6 Å². The predicted molar refractivity (Wildman–Crippen MR) is 49.7 cm³/mol. The molecule has 0 atom stereocenters. The number of aryl methyl sites for hydroxylation is 1. The van der Waals surface area contributed by atoms with E-state index in [0.29, 0.717) is 5.88 Å². The molecule has 0 aliphatic carbocycles. The Labute approximate surface area is 77.5 Å². The van der Waals surface area contributed by atoms with E-state index in [0.717, 1.165) is 23.4 Å². The SMILES string of the molecule is CCc1cnc(CCl)cc1OC. The third kappa shape index (κ3) is 1.89. The number of halogens is 1. The van der Waals surface area contributed by atoms with Gasteiger partial charge in [0, 0.05) is 17.8 Å². The standard InChI is InChI=1S/C9H12ClNO/c1-3-7-6-11-8(5-10)4-9(7)12-2/h4,6H,3,5H2,1-2H3. The predicted octanol–water partition coefficient (Wildman–Crippen LogP) is 2.39. The van der Waals surface area contributed by atoms with Crippen LogP contribution >= 0.6 is 11.6 Å². The lowest BCUT2D eigenvalue weighted by molar-refractivity contribution is 0.409. The van der Waals surface area contributed by atoms with Crippen molar-refractivity contribution in [3.63, 3.8) is 0 Å². The molecule has 0 bridgehead atoms. The molecule has 0 radical (unpaired) electrons. The van der Waals surface area contributed by atoms with E-state index in [9.17, 15) is 0 Å². The highest BCUT2D eigenvalue weighted by atomic mass is 35.5. The van der Waals surface area contributed by atoms with Crippen LogP contribution in [0, 0.1) is 0 Å². The summed E-state index contributed by atoms with van der Waals surface area (Å²) >= 11 is 5.63. The van der Waals surface area contributed by atoms with Crippen molar-refractivity contribution < 1.29 is 4.74 Å². The minimum atomic E-state index is 0.431. The summed E-state index contributed by atoms with van der Waals surface area (Å²) in [5.41, 5.74) is 1.97. The highest BCUT2D eigenvalue weighted by Gasteiger charge is 2.02. The highest BCUT2D eigenvalue weighted by molar-refractivity contribution is 6.16. The topological polar surface area (TPSA) is 22.1 Å². The summed E-state index contributed by atoms with van der Waals surface area (Å²) in [6.07, 6.45) is 2.75. The second-order valence-electron chi connectivity index (χ2n) is 2.47. The Morgan fingerprint density at radius 2 is 2.33 bits per heavy atom. The van der Waals surface area contributed by atoms with Gasteiger partial charge in [-0.05, 0) is 6.42 Å². The van der Waals surface area contributed by atoms with E-state index in [1.165, 1.54) is 0 Å². The molecular formula is C9H12ClNO. The van der Waals surface area contributed by atoms with Gasteiger partial charge in [-0.2, -0.15) is 0 Å². The minimum absolute atomic E-state index is 0.431. The van der Waals surface area contributed by atoms with Crippen LogP contribution in [0.5, 0.6) is 5.75 Å². The Bertz CT molecular complexity index is 263. The number of methoxy groups -OCH3 is 1. The van der Waals surface area contributed by atoms with E-state index >= 15 is 0 Å². The van der Waals surface area contributed by atoms with E-state index < -0.39 is 0 Å². The van der Waals surface area contributed by atoms with Crippen molar-refractivity contribution in [3.05, 3.63) is 23.5 Å². The van der Waals surface area contributed by atoms with Gasteiger partial charge in [0.25, 0.3) is 0 Å². The van der Waals surface area contributed by atoms with E-state index in [1.54, 1.807) is 7.11 Å². The van der Waals surface area contributed by atoms with E-state index in [1.807, 2.05) is 12.3 Å². The molecule has 0 amide bonds. The van der Waals surface area contributed by atoms with E-state index in [2.05, 4.69) is 11.9 Å². The monoisotopic (exact) mass is 185 g/mol. The molecule has 3 heteroatoms. The van der Waals surface area contributed by atoms with Crippen LogP contribution in [0.1, 0.15) is 18.2 Å². The van der Waals surface area contributed by atoms with Gasteiger partial charge >= 0.3 is 0 Å². The molecule has 12 heavy (non-hydrogen) atoms. The van der Waals surface area contributed by atoms with Crippen LogP contribution in [0.25, 0.3) is 0 Å². The summed E-state index contributed by atoms with van der Waals surface area (Å²) in [7, 11) is 1.66. The van der Waals surface area contributed by atoms with Gasteiger partial charge in [-0.3, -0.25) is 4.98 Å². The molecule has 0 aliphatic heterocycles. The fraction of sp³-hybridized carbons (Fsp3) is 0.444. The lowest BCUT2D eigenvalue weighted by Crippen LogP contribution is -1.94. The first-order chi connectivity index (χ1) is 5.81. The summed E-state index contributed by atoms with van der Waals surface area (Å²) in [5, 5.41) is 0. The number of nitrogens with zero attached hydrogens (tertiary/aromatic N) is 1. The first kappa shape index (κ1) is 9.33. The number of rotatable bonds is 3. The van der Waals surface area contributed by atoms with Gasteiger partial charge in [0.15, 0.2) is 0 Å². The third-order valence-electron chi connectivity index (χ3n) is 1.74. The second-order valence-corrected chi connectivity index (χ2v) is 2.74. The molecule has 1 aromatic heterocycles. The van der Waals surface area contributed by atoms with Crippen LogP contribution in [-0.4, -0.2) is 12.1 Å². The first-order valence-electron chi connectivity index (χ1n) is 3.89. The van der Waals surface area contributed by atoms with Gasteiger partial charge in [0.2, 0.25) is 0 Å². The fourth-order valence-electron chi connectivity index (χ4n) is 1.03. The summed E-state index contributed by atoms with van der Waals surface area (Å²) in [6, 6.07) is 1.88. The molecule has 0 aliphatic rings. The molecule has 0 aromatic carbocycles. The molecule has 0 saturated heterocycles. The molecule has 1 aromatic rings. The maximum atomic E-state index is 5.63. The first-order valence-corrected chi connectivity index (χ1v) is 4.43. The van der Waals surface area contributed by atoms with Crippen LogP contribution in [0.4, 0.5) is 0 Å². The van der Waals surface area contributed by atoms with Crippen molar-refractivity contribution in [1.29, 1.82) is 0 Å². The van der Waals surface area contributed by atoms with Crippen molar-refractivity contribution in [2.75, 3.05) is 7.11 Å². The molecule has 0 unspecified atom stereocenters. The minimum Gasteiger partial charge on any atom is -0.496 e. The Kier molecular flexibility index (Phi) is 3.35. The summed E-state index contributed by atoms with van der Waals surface area (Å²) < 4.78 is 5.18. The zero-order valence-electron chi connectivity index (χ0n) is 7.30. The maximum absolute atomic E-state index is 5.63. The van der Waals surface area contributed by atoms with E-state index in [-0.39, 0.29) is 0 Å². The summed E-state index contributed by atoms with van der Waals surface area (Å²) in [4.78, 5) is 4.16. The molecule has 66 valence electrons. The zero-order chi connectivity index (χ0) is 8.97. The number of hydrogen-bond donors (Lipinski definition) is 0. The van der Waals surface area contributed by atoms with Crippen LogP contribution < -0.4 is 4.74 Å². The molecule has 0 fully saturated rings. The van der Waals surface area contributed by atoms with Gasteiger partial charge in [0.1, 0.15) is 5.75 Å². The summed E-state index contributed by atoms with van der Waals surface area (Å²) in [5.74, 6) is 1.31. The third-order valence-corrected chi connectivity index (χ3v) is 2.01. The number of pyridine rings is 1. The van der Waals surface area contributed by atoms with Crippen LogP contribution in [0.2, 0.25) is 0 Å². The normalized spacial score (nSPS) is 9.92. The van der Waals surface area contributed by atoms with Gasteiger partial charge in [-0.25, -0.2) is 0 Å². The highest BCUT2D eigenvalue weighted by Crippen LogP contribution is 2.19. The molecule has 1 rings (SSSR count). The number of alkyl halides is 1. The number of aromatic nitrogens is 1. The fourth-order valence-corrected chi connectivity index (χ4v) is 1.18.